The third kappa shape index (κ3) is 5.12. The number of rotatable bonds is 5. The predicted octanol–water partition coefficient (Wildman–Crippen LogP) is 6.46. The Morgan fingerprint density at radius 2 is 1.22 bits per heavy atom. The van der Waals surface area contributed by atoms with E-state index in [0.29, 0.717) is 16.3 Å². The first-order chi connectivity index (χ1) is 16.8. The molecule has 186 valence electrons. The molecule has 4 aromatic rings. The van der Waals surface area contributed by atoms with Gasteiger partial charge in [-0.05, 0) is 51.4 Å². The molecule has 0 aliphatic rings. The molecule has 0 bridgehead atoms. The molecule has 0 aliphatic heterocycles. The van der Waals surface area contributed by atoms with Crippen LogP contribution in [0, 0.1) is 0 Å². The number of hydrogen-bond acceptors (Lipinski definition) is 2. The maximum Gasteiger partial charge on any atom is 0.416 e. The average molecular weight is 505 g/mol. The molecule has 4 nitrogen and oxygen atoms in total. The van der Waals surface area contributed by atoms with Crippen LogP contribution >= 0.6 is 0 Å². The molecule has 0 aromatic heterocycles. The zero-order chi connectivity index (χ0) is 26.3. The zero-order valence-corrected chi connectivity index (χ0v) is 18.2. The predicted molar refractivity (Wildman–Crippen MR) is 120 cm³/mol. The highest BCUT2D eigenvalue weighted by Crippen LogP contribution is 2.36. The highest BCUT2D eigenvalue weighted by molar-refractivity contribution is 6.03. The van der Waals surface area contributed by atoms with Gasteiger partial charge in [0.2, 0.25) is 0 Å². The maximum absolute atomic E-state index is 13.2. The second kappa shape index (κ2) is 9.18. The number of hydrogen-bond donors (Lipinski definition) is 2. The van der Waals surface area contributed by atoms with E-state index in [0.717, 1.165) is 10.8 Å². The number of carboxylic acids is 1. The van der Waals surface area contributed by atoms with Gasteiger partial charge in [-0.1, -0.05) is 48.5 Å². The molecule has 0 saturated carbocycles. The second-order valence-corrected chi connectivity index (χ2v) is 8.16. The Hall–Kier alpha value is -4.08. The number of carbonyl (C=O) groups is 2. The molecule has 0 aliphatic carbocycles. The Labute approximate surface area is 200 Å². The third-order valence-electron chi connectivity index (χ3n) is 5.74. The van der Waals surface area contributed by atoms with Gasteiger partial charge in [0.15, 0.2) is 0 Å². The average Bonchev–Trinajstić information content (AvgIpc) is 2.81. The lowest BCUT2D eigenvalue weighted by Gasteiger charge is -2.19. The molecule has 4 aromatic carbocycles. The summed E-state index contributed by atoms with van der Waals surface area (Å²) in [6, 6.07) is 14.9. The van der Waals surface area contributed by atoms with Crippen molar-refractivity contribution < 1.29 is 41.0 Å². The quantitative estimate of drug-likeness (QED) is 0.242. The van der Waals surface area contributed by atoms with E-state index < -0.39 is 47.0 Å². The molecule has 1 atom stereocenters. The van der Waals surface area contributed by atoms with Crippen LogP contribution in [0.5, 0.6) is 0 Å². The summed E-state index contributed by atoms with van der Waals surface area (Å²) in [6.07, 6.45) is -10.6. The normalized spacial score (nSPS) is 13.1. The van der Waals surface area contributed by atoms with E-state index in [4.69, 9.17) is 0 Å². The molecule has 0 unspecified atom stereocenters. The molecule has 4 rings (SSSR count). The topological polar surface area (TPSA) is 66.4 Å². The van der Waals surface area contributed by atoms with Gasteiger partial charge in [0.1, 0.15) is 6.04 Å². The summed E-state index contributed by atoms with van der Waals surface area (Å²) < 4.78 is 79.1. The van der Waals surface area contributed by atoms with Gasteiger partial charge < -0.3 is 10.4 Å². The summed E-state index contributed by atoms with van der Waals surface area (Å²) in [4.78, 5) is 24.7. The van der Waals surface area contributed by atoms with Crippen LogP contribution < -0.4 is 5.32 Å². The minimum atomic E-state index is -5.15. The van der Waals surface area contributed by atoms with Crippen LogP contribution in [0.15, 0.2) is 72.8 Å². The summed E-state index contributed by atoms with van der Waals surface area (Å²) in [7, 11) is 0. The van der Waals surface area contributed by atoms with Gasteiger partial charge in [-0.15, -0.1) is 0 Å². The van der Waals surface area contributed by atoms with E-state index in [1.165, 1.54) is 0 Å². The van der Waals surface area contributed by atoms with Gasteiger partial charge in [0, 0.05) is 12.0 Å². The molecular formula is C26H17F6NO3. The fourth-order valence-corrected chi connectivity index (χ4v) is 4.06. The first-order valence-corrected chi connectivity index (χ1v) is 10.6. The first kappa shape index (κ1) is 25.0. The number of carbonyl (C=O) groups excluding carboxylic acids is 1. The lowest BCUT2D eigenvalue weighted by molar-refractivity contribution is -0.143. The number of alkyl halides is 6. The van der Waals surface area contributed by atoms with Crippen LogP contribution in [0.2, 0.25) is 0 Å². The van der Waals surface area contributed by atoms with E-state index in [-0.39, 0.29) is 24.6 Å². The Balaban J connectivity index is 1.74. The highest BCUT2D eigenvalue weighted by atomic mass is 19.4. The van der Waals surface area contributed by atoms with Crippen molar-refractivity contribution in [3.63, 3.8) is 0 Å². The molecule has 0 spiro atoms. The van der Waals surface area contributed by atoms with Crippen LogP contribution in [0.1, 0.15) is 27.0 Å². The Bertz CT molecular complexity index is 1390. The summed E-state index contributed by atoms with van der Waals surface area (Å²) in [5.74, 6) is -2.87. The Morgan fingerprint density at radius 1 is 0.750 bits per heavy atom. The molecule has 2 N–H and O–H groups in total. The highest BCUT2D eigenvalue weighted by Gasteiger charge is 2.38. The molecule has 0 heterocycles. The van der Waals surface area contributed by atoms with Crippen LogP contribution in [0.25, 0.3) is 21.5 Å². The molecular weight excluding hydrogens is 488 g/mol. The van der Waals surface area contributed by atoms with Crippen molar-refractivity contribution >= 4 is 33.4 Å². The standard InChI is InChI=1S/C26H17F6NO3/c27-25(28,29)17-10-16(11-18(12-17)26(30,31)32)23(34)33-22(24(35)36)13-21-19-7-3-1-5-14(19)9-15-6-2-4-8-20(15)21/h1-12,22H,13H2,(H,33,34)(H,35,36)/t22-/m0/s1. The molecule has 1 amide bonds. The maximum atomic E-state index is 13.2. The number of halogens is 6. The second-order valence-electron chi connectivity index (χ2n) is 8.16. The van der Waals surface area contributed by atoms with Crippen molar-refractivity contribution in [1.82, 2.24) is 5.32 Å². The Kier molecular flexibility index (Phi) is 6.38. The number of nitrogens with one attached hydrogen (secondary N) is 1. The van der Waals surface area contributed by atoms with E-state index in [2.05, 4.69) is 5.32 Å². The van der Waals surface area contributed by atoms with Crippen molar-refractivity contribution in [2.24, 2.45) is 0 Å². The zero-order valence-electron chi connectivity index (χ0n) is 18.2. The van der Waals surface area contributed by atoms with Crippen molar-refractivity contribution in [1.29, 1.82) is 0 Å². The van der Waals surface area contributed by atoms with Gasteiger partial charge in [-0.25, -0.2) is 4.79 Å². The number of aliphatic carboxylic acids is 1. The van der Waals surface area contributed by atoms with Crippen molar-refractivity contribution in [2.75, 3.05) is 0 Å². The number of benzene rings is 4. The summed E-state index contributed by atoms with van der Waals surface area (Å²) in [5, 5.41) is 14.9. The number of carboxylic acid groups (broad SMARTS) is 1. The lowest BCUT2D eigenvalue weighted by Crippen LogP contribution is -2.42. The largest absolute Gasteiger partial charge is 0.480 e. The van der Waals surface area contributed by atoms with Gasteiger partial charge >= 0.3 is 18.3 Å². The monoisotopic (exact) mass is 505 g/mol. The van der Waals surface area contributed by atoms with Crippen LogP contribution in [-0.2, 0) is 23.6 Å². The van der Waals surface area contributed by atoms with Crippen molar-refractivity contribution in [2.45, 2.75) is 24.8 Å². The lowest BCUT2D eigenvalue weighted by atomic mass is 9.92. The fraction of sp³-hybridized carbons (Fsp3) is 0.154. The molecule has 0 saturated heterocycles. The molecule has 10 heteroatoms. The minimum absolute atomic E-state index is 0.103. The van der Waals surface area contributed by atoms with E-state index in [1.54, 1.807) is 36.4 Å². The Morgan fingerprint density at radius 3 is 1.67 bits per heavy atom. The smallest absolute Gasteiger partial charge is 0.416 e. The third-order valence-corrected chi connectivity index (χ3v) is 5.74. The van der Waals surface area contributed by atoms with Gasteiger partial charge in [0.25, 0.3) is 5.91 Å². The van der Waals surface area contributed by atoms with Crippen LogP contribution in [0.3, 0.4) is 0 Å². The van der Waals surface area contributed by atoms with E-state index in [9.17, 15) is 41.0 Å². The summed E-state index contributed by atoms with van der Waals surface area (Å²) in [5.41, 5.74) is -3.73. The molecule has 36 heavy (non-hydrogen) atoms. The van der Waals surface area contributed by atoms with Gasteiger partial charge in [-0.3, -0.25) is 4.79 Å². The number of fused-ring (bicyclic) bond motifs is 2. The SMILES string of the molecule is O=C(N[C@@H](Cc1c2ccccc2cc2ccccc12)C(=O)O)c1cc(C(F)(F)F)cc(C(F)(F)F)c1. The van der Waals surface area contributed by atoms with Gasteiger partial charge in [-0.2, -0.15) is 26.3 Å². The van der Waals surface area contributed by atoms with E-state index >= 15 is 0 Å². The fourth-order valence-electron chi connectivity index (χ4n) is 4.06. The van der Waals surface area contributed by atoms with Crippen molar-refractivity contribution in [3.8, 4) is 0 Å². The first-order valence-electron chi connectivity index (χ1n) is 10.6. The minimum Gasteiger partial charge on any atom is -0.480 e. The van der Waals surface area contributed by atoms with Crippen LogP contribution in [0.4, 0.5) is 26.3 Å². The van der Waals surface area contributed by atoms with E-state index in [1.807, 2.05) is 18.2 Å². The molecule has 0 radical (unpaired) electrons. The summed E-state index contributed by atoms with van der Waals surface area (Å²) in [6.45, 7) is 0. The molecule has 0 fully saturated rings. The van der Waals surface area contributed by atoms with Gasteiger partial charge in [0.05, 0.1) is 11.1 Å². The van der Waals surface area contributed by atoms with Crippen LogP contribution in [-0.4, -0.2) is 23.0 Å². The number of amides is 1. The van der Waals surface area contributed by atoms with Crippen molar-refractivity contribution in [3.05, 3.63) is 95.1 Å². The summed E-state index contributed by atoms with van der Waals surface area (Å²) >= 11 is 0.